The van der Waals surface area contributed by atoms with Crippen molar-refractivity contribution in [2.45, 2.75) is 6.42 Å². The number of fused-ring (bicyclic) bond motifs is 1. The maximum absolute atomic E-state index is 6.26. The fourth-order valence-corrected chi connectivity index (χ4v) is 2.64. The summed E-state index contributed by atoms with van der Waals surface area (Å²) in [5.41, 5.74) is 2.64. The lowest BCUT2D eigenvalue weighted by Gasteiger charge is -2.08. The zero-order chi connectivity index (χ0) is 15.5. The van der Waals surface area contributed by atoms with Gasteiger partial charge in [0.25, 0.3) is 0 Å². The molecule has 0 aliphatic heterocycles. The SMILES string of the molecule is ClCCCOc1ccc(-c2nc3ccc(Cl)cc3[nH]2)cc1Cl. The van der Waals surface area contributed by atoms with Crippen molar-refractivity contribution in [2.24, 2.45) is 0 Å². The second-order valence-electron chi connectivity index (χ2n) is 4.78. The van der Waals surface area contributed by atoms with Crippen molar-refractivity contribution in [1.29, 1.82) is 0 Å². The van der Waals surface area contributed by atoms with Crippen molar-refractivity contribution < 1.29 is 4.74 Å². The Morgan fingerprint density at radius 3 is 2.73 bits per heavy atom. The standard InChI is InChI=1S/C16H13Cl3N2O/c17-6-1-7-22-15-5-2-10(8-12(15)19)16-20-13-4-3-11(18)9-14(13)21-16/h2-5,8-9H,1,6-7H2,(H,20,21). The minimum atomic E-state index is 0.547. The molecule has 3 nitrogen and oxygen atoms in total. The van der Waals surface area contributed by atoms with Crippen LogP contribution >= 0.6 is 34.8 Å². The molecule has 3 aromatic rings. The summed E-state index contributed by atoms with van der Waals surface area (Å²) < 4.78 is 5.58. The number of hydrogen-bond acceptors (Lipinski definition) is 2. The normalized spacial score (nSPS) is 11.0. The fraction of sp³-hybridized carbons (Fsp3) is 0.188. The number of hydrogen-bond donors (Lipinski definition) is 1. The van der Waals surface area contributed by atoms with E-state index in [-0.39, 0.29) is 0 Å². The first-order valence-electron chi connectivity index (χ1n) is 6.81. The lowest BCUT2D eigenvalue weighted by Crippen LogP contribution is -1.98. The van der Waals surface area contributed by atoms with E-state index in [9.17, 15) is 0 Å². The van der Waals surface area contributed by atoms with Gasteiger partial charge >= 0.3 is 0 Å². The molecule has 2 aromatic carbocycles. The third-order valence-electron chi connectivity index (χ3n) is 3.18. The molecule has 0 aliphatic rings. The van der Waals surface area contributed by atoms with Crippen molar-refractivity contribution in [3.05, 3.63) is 46.4 Å². The van der Waals surface area contributed by atoms with Gasteiger partial charge in [0.05, 0.1) is 22.7 Å². The van der Waals surface area contributed by atoms with Crippen molar-refractivity contribution in [3.8, 4) is 17.1 Å². The van der Waals surface area contributed by atoms with Crippen molar-refractivity contribution in [1.82, 2.24) is 9.97 Å². The number of aromatic nitrogens is 2. The first-order valence-corrected chi connectivity index (χ1v) is 8.10. The van der Waals surface area contributed by atoms with Crippen LogP contribution < -0.4 is 4.74 Å². The highest BCUT2D eigenvalue weighted by Gasteiger charge is 2.09. The molecule has 0 amide bonds. The number of nitrogens with one attached hydrogen (secondary N) is 1. The van der Waals surface area contributed by atoms with E-state index in [0.717, 1.165) is 28.8 Å². The highest BCUT2D eigenvalue weighted by molar-refractivity contribution is 6.32. The van der Waals surface area contributed by atoms with Gasteiger partial charge in [-0.3, -0.25) is 0 Å². The molecule has 1 N–H and O–H groups in total. The van der Waals surface area contributed by atoms with Gasteiger partial charge < -0.3 is 9.72 Å². The Hall–Kier alpha value is -1.42. The number of nitrogens with zero attached hydrogens (tertiary/aromatic N) is 1. The number of ether oxygens (including phenoxy) is 1. The van der Waals surface area contributed by atoms with Crippen LogP contribution in [0.25, 0.3) is 22.4 Å². The Balaban J connectivity index is 1.88. The van der Waals surface area contributed by atoms with E-state index in [1.165, 1.54) is 0 Å². The van der Waals surface area contributed by atoms with E-state index in [4.69, 9.17) is 39.5 Å². The number of rotatable bonds is 5. The Bertz CT molecular complexity index is 801. The Morgan fingerprint density at radius 1 is 1.09 bits per heavy atom. The number of imidazole rings is 1. The molecule has 0 atom stereocenters. The highest BCUT2D eigenvalue weighted by Crippen LogP contribution is 2.30. The molecule has 6 heteroatoms. The molecule has 1 aromatic heterocycles. The zero-order valence-corrected chi connectivity index (χ0v) is 13.8. The Labute approximate surface area is 143 Å². The summed E-state index contributed by atoms with van der Waals surface area (Å²) >= 11 is 17.9. The van der Waals surface area contributed by atoms with Gasteiger partial charge in [0.2, 0.25) is 0 Å². The van der Waals surface area contributed by atoms with E-state index in [0.29, 0.717) is 28.3 Å². The van der Waals surface area contributed by atoms with Gasteiger partial charge in [-0.1, -0.05) is 23.2 Å². The molecular weight excluding hydrogens is 343 g/mol. The molecule has 0 saturated heterocycles. The zero-order valence-electron chi connectivity index (χ0n) is 11.6. The first-order chi connectivity index (χ1) is 10.7. The Kier molecular flexibility index (Phi) is 4.77. The first kappa shape index (κ1) is 15.5. The van der Waals surface area contributed by atoms with E-state index in [1.54, 1.807) is 0 Å². The summed E-state index contributed by atoms with van der Waals surface area (Å²) in [5.74, 6) is 1.96. The topological polar surface area (TPSA) is 37.9 Å². The number of halogens is 3. The average molecular weight is 356 g/mol. The number of aromatic amines is 1. The smallest absolute Gasteiger partial charge is 0.138 e. The fourth-order valence-electron chi connectivity index (χ4n) is 2.12. The van der Waals surface area contributed by atoms with Gasteiger partial charge in [0.15, 0.2) is 0 Å². The van der Waals surface area contributed by atoms with Gasteiger partial charge in [-0.05, 0) is 42.8 Å². The van der Waals surface area contributed by atoms with Gasteiger partial charge in [0.1, 0.15) is 11.6 Å². The molecule has 0 unspecified atom stereocenters. The van der Waals surface area contributed by atoms with Crippen molar-refractivity contribution in [2.75, 3.05) is 12.5 Å². The predicted molar refractivity (Wildman–Crippen MR) is 92.4 cm³/mol. The Morgan fingerprint density at radius 2 is 1.95 bits per heavy atom. The summed E-state index contributed by atoms with van der Waals surface area (Å²) in [6, 6.07) is 11.1. The lowest BCUT2D eigenvalue weighted by molar-refractivity contribution is 0.318. The summed E-state index contributed by atoms with van der Waals surface area (Å²) in [4.78, 5) is 7.78. The van der Waals surface area contributed by atoms with Crippen LogP contribution in [-0.2, 0) is 0 Å². The largest absolute Gasteiger partial charge is 0.492 e. The molecule has 0 fully saturated rings. The number of H-pyrrole nitrogens is 1. The van der Waals surface area contributed by atoms with Crippen LogP contribution in [0.1, 0.15) is 6.42 Å². The molecule has 0 bridgehead atoms. The van der Waals surface area contributed by atoms with Gasteiger partial charge in [0, 0.05) is 16.5 Å². The summed E-state index contributed by atoms with van der Waals surface area (Å²) in [5, 5.41) is 1.22. The van der Waals surface area contributed by atoms with E-state index in [1.807, 2.05) is 36.4 Å². The second-order valence-corrected chi connectivity index (χ2v) is 6.00. The van der Waals surface area contributed by atoms with Gasteiger partial charge in [-0.2, -0.15) is 0 Å². The lowest BCUT2D eigenvalue weighted by atomic mass is 10.2. The number of alkyl halides is 1. The average Bonchev–Trinajstić information content (AvgIpc) is 2.92. The van der Waals surface area contributed by atoms with Gasteiger partial charge in [-0.15, -0.1) is 11.6 Å². The van der Waals surface area contributed by atoms with Crippen LogP contribution in [0.3, 0.4) is 0 Å². The molecule has 0 radical (unpaired) electrons. The van der Waals surface area contributed by atoms with Crippen molar-refractivity contribution in [3.63, 3.8) is 0 Å². The van der Waals surface area contributed by atoms with Crippen LogP contribution in [0.4, 0.5) is 0 Å². The monoisotopic (exact) mass is 354 g/mol. The molecule has 0 spiro atoms. The van der Waals surface area contributed by atoms with Crippen LogP contribution in [0.5, 0.6) is 5.75 Å². The molecule has 22 heavy (non-hydrogen) atoms. The molecule has 1 heterocycles. The van der Waals surface area contributed by atoms with Crippen LogP contribution in [0, 0.1) is 0 Å². The van der Waals surface area contributed by atoms with E-state index < -0.39 is 0 Å². The third-order valence-corrected chi connectivity index (χ3v) is 3.98. The van der Waals surface area contributed by atoms with Crippen molar-refractivity contribution >= 4 is 45.8 Å². The van der Waals surface area contributed by atoms with Crippen LogP contribution in [-0.4, -0.2) is 22.5 Å². The minimum absolute atomic E-state index is 0.547. The molecule has 0 saturated carbocycles. The van der Waals surface area contributed by atoms with E-state index >= 15 is 0 Å². The van der Waals surface area contributed by atoms with Crippen LogP contribution in [0.2, 0.25) is 10.0 Å². The van der Waals surface area contributed by atoms with E-state index in [2.05, 4.69) is 9.97 Å². The summed E-state index contributed by atoms with van der Waals surface area (Å²) in [7, 11) is 0. The molecule has 114 valence electrons. The maximum atomic E-state index is 6.26. The summed E-state index contributed by atoms with van der Waals surface area (Å²) in [6.07, 6.45) is 0.782. The molecular formula is C16H13Cl3N2O. The maximum Gasteiger partial charge on any atom is 0.138 e. The highest BCUT2D eigenvalue weighted by atomic mass is 35.5. The number of benzene rings is 2. The molecule has 0 aliphatic carbocycles. The van der Waals surface area contributed by atoms with Gasteiger partial charge in [-0.25, -0.2) is 4.98 Å². The predicted octanol–water partition coefficient (Wildman–Crippen LogP) is 5.54. The second kappa shape index (κ2) is 6.78. The minimum Gasteiger partial charge on any atom is -0.492 e. The quantitative estimate of drug-likeness (QED) is 0.481. The van der Waals surface area contributed by atoms with Crippen LogP contribution in [0.15, 0.2) is 36.4 Å². The molecule has 3 rings (SSSR count). The third kappa shape index (κ3) is 3.32. The summed E-state index contributed by atoms with van der Waals surface area (Å²) in [6.45, 7) is 0.547.